The van der Waals surface area contributed by atoms with E-state index in [1.165, 1.54) is 18.1 Å². The molecule has 0 aromatic carbocycles. The molecule has 3 unspecified atom stereocenters. The van der Waals surface area contributed by atoms with Gasteiger partial charge in [0.2, 0.25) is 5.91 Å². The number of hydrogen-bond donors (Lipinski definition) is 1. The van der Waals surface area contributed by atoms with Crippen molar-refractivity contribution in [3.63, 3.8) is 0 Å². The number of amides is 1. The monoisotopic (exact) mass is 249 g/mol. The summed E-state index contributed by atoms with van der Waals surface area (Å²) in [4.78, 5) is 23.5. The summed E-state index contributed by atoms with van der Waals surface area (Å²) in [6.45, 7) is 3.55. The van der Waals surface area contributed by atoms with E-state index < -0.39 is 5.54 Å². The van der Waals surface area contributed by atoms with Gasteiger partial charge < -0.3 is 10.1 Å². The molecule has 1 amide bonds. The summed E-state index contributed by atoms with van der Waals surface area (Å²) in [7, 11) is 0. The lowest BCUT2D eigenvalue weighted by Crippen LogP contribution is -2.46. The van der Waals surface area contributed by atoms with Crippen LogP contribution in [0.25, 0.3) is 0 Å². The van der Waals surface area contributed by atoms with Gasteiger partial charge >= 0.3 is 5.97 Å². The summed E-state index contributed by atoms with van der Waals surface area (Å²) in [5.74, 6) is -0.114. The van der Waals surface area contributed by atoms with Crippen molar-refractivity contribution in [1.29, 1.82) is 0 Å². The fraction of sp³-hybridized carbons (Fsp3) is 0.714. The lowest BCUT2D eigenvalue weighted by Gasteiger charge is -2.23. The highest BCUT2D eigenvalue weighted by Gasteiger charge is 2.62. The molecule has 98 valence electrons. The SMILES string of the molecule is CCCC1CC1(NC(C)=O)C(=O)OC1CC2=C1C2. The van der Waals surface area contributed by atoms with Crippen LogP contribution in [0.2, 0.25) is 0 Å². The van der Waals surface area contributed by atoms with Gasteiger partial charge in [0.25, 0.3) is 0 Å². The summed E-state index contributed by atoms with van der Waals surface area (Å²) < 4.78 is 5.53. The molecule has 1 saturated carbocycles. The number of esters is 1. The molecule has 1 fully saturated rings. The van der Waals surface area contributed by atoms with Crippen LogP contribution in [0.15, 0.2) is 11.1 Å². The normalized spacial score (nSPS) is 35.4. The van der Waals surface area contributed by atoms with Gasteiger partial charge in [-0.3, -0.25) is 4.79 Å². The van der Waals surface area contributed by atoms with Gasteiger partial charge in [0, 0.05) is 13.3 Å². The molecule has 0 spiro atoms. The molecule has 1 N–H and O–H groups in total. The number of carbonyl (C=O) groups is 2. The minimum absolute atomic E-state index is 0.0148. The maximum atomic E-state index is 12.3. The maximum Gasteiger partial charge on any atom is 0.332 e. The summed E-state index contributed by atoms with van der Waals surface area (Å²) in [6, 6.07) is 0. The molecule has 18 heavy (non-hydrogen) atoms. The van der Waals surface area contributed by atoms with Crippen molar-refractivity contribution in [2.75, 3.05) is 0 Å². The lowest BCUT2D eigenvalue weighted by molar-refractivity contribution is -0.153. The predicted octanol–water partition coefficient (Wildman–Crippen LogP) is 1.70. The van der Waals surface area contributed by atoms with Crippen LogP contribution in [0.3, 0.4) is 0 Å². The van der Waals surface area contributed by atoms with Gasteiger partial charge in [-0.25, -0.2) is 4.79 Å². The second-order valence-electron chi connectivity index (χ2n) is 5.75. The van der Waals surface area contributed by atoms with E-state index in [1.54, 1.807) is 0 Å². The second-order valence-corrected chi connectivity index (χ2v) is 5.75. The van der Waals surface area contributed by atoms with Crippen LogP contribution < -0.4 is 5.32 Å². The summed E-state index contributed by atoms with van der Waals surface area (Å²) in [5, 5.41) is 2.82. The van der Waals surface area contributed by atoms with Crippen LogP contribution in [0.4, 0.5) is 0 Å². The van der Waals surface area contributed by atoms with Crippen LogP contribution in [-0.2, 0) is 14.3 Å². The highest BCUT2D eigenvalue weighted by Crippen LogP contribution is 2.53. The Morgan fingerprint density at radius 3 is 2.78 bits per heavy atom. The van der Waals surface area contributed by atoms with Gasteiger partial charge in [0.15, 0.2) is 0 Å². The summed E-state index contributed by atoms with van der Waals surface area (Å²) >= 11 is 0. The van der Waals surface area contributed by atoms with Crippen molar-refractivity contribution in [2.45, 2.75) is 57.6 Å². The lowest BCUT2D eigenvalue weighted by atomic mass is 10.1. The maximum absolute atomic E-state index is 12.3. The molecule has 0 aliphatic heterocycles. The fourth-order valence-corrected chi connectivity index (χ4v) is 3.09. The molecule has 3 atom stereocenters. The van der Waals surface area contributed by atoms with Crippen molar-refractivity contribution in [3.05, 3.63) is 11.1 Å². The standard InChI is InChI=1S/C14H19NO3/c1-3-4-10-7-14(10,15-8(2)16)13(17)18-12-6-9-5-11(9)12/h10,12H,3-7H2,1-2H3,(H,15,16). The van der Waals surface area contributed by atoms with Crippen LogP contribution in [0, 0.1) is 5.92 Å². The molecular formula is C14H19NO3. The number of nitrogens with one attached hydrogen (secondary N) is 1. The molecule has 0 radical (unpaired) electrons. The van der Waals surface area contributed by atoms with E-state index in [9.17, 15) is 9.59 Å². The number of rotatable bonds is 5. The number of ether oxygens (including phenoxy) is 1. The van der Waals surface area contributed by atoms with E-state index in [0.29, 0.717) is 0 Å². The molecular weight excluding hydrogens is 230 g/mol. The van der Waals surface area contributed by atoms with Crippen molar-refractivity contribution in [1.82, 2.24) is 5.32 Å². The van der Waals surface area contributed by atoms with E-state index >= 15 is 0 Å². The zero-order valence-corrected chi connectivity index (χ0v) is 10.9. The Kier molecular flexibility index (Phi) is 2.50. The molecule has 0 saturated heterocycles. The van der Waals surface area contributed by atoms with Crippen molar-refractivity contribution in [2.24, 2.45) is 5.92 Å². The first kappa shape index (κ1) is 11.8. The summed E-state index contributed by atoms with van der Waals surface area (Å²) in [5.41, 5.74) is 2.06. The molecule has 4 nitrogen and oxygen atoms in total. The first-order chi connectivity index (χ1) is 8.56. The van der Waals surface area contributed by atoms with Crippen molar-refractivity contribution in [3.8, 4) is 0 Å². The molecule has 3 rings (SSSR count). The Morgan fingerprint density at radius 1 is 1.50 bits per heavy atom. The zero-order valence-electron chi connectivity index (χ0n) is 10.9. The molecule has 3 aliphatic carbocycles. The average molecular weight is 249 g/mol. The largest absolute Gasteiger partial charge is 0.456 e. The minimum atomic E-state index is -0.715. The Balaban J connectivity index is 1.63. The van der Waals surface area contributed by atoms with Gasteiger partial charge in [-0.05, 0) is 30.8 Å². The smallest absolute Gasteiger partial charge is 0.332 e. The Bertz CT molecular complexity index is 454. The number of carbonyl (C=O) groups excluding carboxylic acids is 2. The fourth-order valence-electron chi connectivity index (χ4n) is 3.09. The molecule has 3 aliphatic rings. The van der Waals surface area contributed by atoms with Crippen LogP contribution >= 0.6 is 0 Å². The highest BCUT2D eigenvalue weighted by atomic mass is 16.5. The molecule has 0 heterocycles. The quantitative estimate of drug-likeness (QED) is 0.596. The first-order valence-electron chi connectivity index (χ1n) is 6.77. The van der Waals surface area contributed by atoms with E-state index in [0.717, 1.165) is 32.1 Å². The number of hydrogen-bond acceptors (Lipinski definition) is 3. The van der Waals surface area contributed by atoms with Crippen molar-refractivity contribution < 1.29 is 14.3 Å². The predicted molar refractivity (Wildman–Crippen MR) is 65.7 cm³/mol. The van der Waals surface area contributed by atoms with Gasteiger partial charge in [0.05, 0.1) is 0 Å². The third-order valence-electron chi connectivity index (χ3n) is 4.31. The summed E-state index contributed by atoms with van der Waals surface area (Å²) in [6.07, 6.45) is 4.71. The minimum Gasteiger partial charge on any atom is -0.456 e. The highest BCUT2D eigenvalue weighted by molar-refractivity contribution is 5.91. The first-order valence-corrected chi connectivity index (χ1v) is 6.77. The topological polar surface area (TPSA) is 55.4 Å². The Labute approximate surface area is 107 Å². The average Bonchev–Trinajstić information content (AvgIpc) is 3.13. The van der Waals surface area contributed by atoms with Crippen LogP contribution in [-0.4, -0.2) is 23.5 Å². The van der Waals surface area contributed by atoms with Gasteiger partial charge in [0.1, 0.15) is 11.6 Å². The second kappa shape index (κ2) is 3.84. The van der Waals surface area contributed by atoms with Gasteiger partial charge in [-0.2, -0.15) is 0 Å². The van der Waals surface area contributed by atoms with Crippen LogP contribution in [0.1, 0.15) is 46.0 Å². The Morgan fingerprint density at radius 2 is 2.28 bits per heavy atom. The van der Waals surface area contributed by atoms with E-state index in [2.05, 4.69) is 12.2 Å². The molecule has 0 bridgehead atoms. The molecule has 0 aromatic heterocycles. The third-order valence-corrected chi connectivity index (χ3v) is 4.31. The van der Waals surface area contributed by atoms with E-state index in [4.69, 9.17) is 4.74 Å². The van der Waals surface area contributed by atoms with Crippen molar-refractivity contribution >= 4 is 11.9 Å². The van der Waals surface area contributed by atoms with Gasteiger partial charge in [-0.15, -0.1) is 0 Å². The molecule has 4 heteroatoms. The zero-order chi connectivity index (χ0) is 12.9. The third kappa shape index (κ3) is 1.74. The molecule has 0 aromatic rings. The van der Waals surface area contributed by atoms with Crippen LogP contribution in [0.5, 0.6) is 0 Å². The van der Waals surface area contributed by atoms with E-state index in [1.807, 2.05) is 0 Å². The van der Waals surface area contributed by atoms with Gasteiger partial charge in [-0.1, -0.05) is 18.9 Å². The van der Waals surface area contributed by atoms with E-state index in [-0.39, 0.29) is 23.9 Å². The Hall–Kier alpha value is -1.32.